The van der Waals surface area contributed by atoms with Crippen LogP contribution < -0.4 is 10.6 Å². The van der Waals surface area contributed by atoms with Crippen molar-refractivity contribution in [1.29, 1.82) is 0 Å². The Hall–Kier alpha value is -4.05. The van der Waals surface area contributed by atoms with Crippen LogP contribution in [0, 0.1) is 0 Å². The number of hydrogen-bond acceptors (Lipinski definition) is 10. The van der Waals surface area contributed by atoms with Crippen molar-refractivity contribution in [3.05, 3.63) is 72.6 Å². The second kappa shape index (κ2) is 14.7. The van der Waals surface area contributed by atoms with Gasteiger partial charge < -0.3 is 20.1 Å². The molecule has 3 aromatic rings. The van der Waals surface area contributed by atoms with Gasteiger partial charge in [-0.05, 0) is 111 Å². The first-order valence-electron chi connectivity index (χ1n) is 14.3. The van der Waals surface area contributed by atoms with Gasteiger partial charge in [0.1, 0.15) is 17.5 Å². The van der Waals surface area contributed by atoms with E-state index >= 15 is 0 Å². The molecule has 0 bridgehead atoms. The Labute approximate surface area is 250 Å². The number of pyridine rings is 1. The summed E-state index contributed by atoms with van der Waals surface area (Å²) < 4.78 is 11.1. The maximum Gasteiger partial charge on any atom is 0.320 e. The fourth-order valence-corrected chi connectivity index (χ4v) is 4.14. The number of hydrogen-bond donors (Lipinski definition) is 2. The number of rotatable bonds is 14. The van der Waals surface area contributed by atoms with E-state index in [0.29, 0.717) is 24.2 Å². The van der Waals surface area contributed by atoms with Gasteiger partial charge in [-0.3, -0.25) is 14.7 Å². The summed E-state index contributed by atoms with van der Waals surface area (Å²) in [6.45, 7) is 17.2. The molecule has 2 N–H and O–H groups in total. The molecule has 0 aliphatic rings. The Kier molecular flexibility index (Phi) is 11.4. The third-order valence-electron chi connectivity index (χ3n) is 5.79. The molecule has 226 valence electrons. The molecule has 2 heterocycles. The Morgan fingerprint density at radius 3 is 2.48 bits per heavy atom. The van der Waals surface area contributed by atoms with Gasteiger partial charge in [0.15, 0.2) is 11.7 Å². The lowest BCUT2D eigenvalue weighted by molar-refractivity contribution is -0.155. The lowest BCUT2D eigenvalue weighted by Crippen LogP contribution is -2.33. The molecule has 42 heavy (non-hydrogen) atoms. The topological polar surface area (TPSA) is 114 Å². The minimum absolute atomic E-state index is 0.221. The number of aryl methyl sites for hydroxylation is 1. The lowest BCUT2D eigenvalue weighted by Gasteiger charge is -2.23. The molecule has 0 spiro atoms. The molecule has 0 atom stereocenters. The van der Waals surface area contributed by atoms with Crippen LogP contribution in [-0.4, -0.2) is 68.7 Å². The summed E-state index contributed by atoms with van der Waals surface area (Å²) in [5.41, 5.74) is 3.08. The fraction of sp³-hybridized carbons (Fsp3) is 0.469. The monoisotopic (exact) mass is 575 g/mol. The Bertz CT molecular complexity index is 1330. The highest BCUT2D eigenvalue weighted by Crippen LogP contribution is 2.20. The summed E-state index contributed by atoms with van der Waals surface area (Å²) in [7, 11) is 1.92. The van der Waals surface area contributed by atoms with Crippen LogP contribution in [0.4, 0.5) is 11.6 Å². The van der Waals surface area contributed by atoms with Crippen LogP contribution in [0.1, 0.15) is 59.2 Å². The highest BCUT2D eigenvalue weighted by atomic mass is 16.6. The number of benzene rings is 1. The smallest absolute Gasteiger partial charge is 0.320 e. The molecule has 0 aliphatic carbocycles. The summed E-state index contributed by atoms with van der Waals surface area (Å²) in [5.74, 6) is 1.38. The number of nitrogens with one attached hydrogen (secondary N) is 2. The van der Waals surface area contributed by atoms with Gasteiger partial charge >= 0.3 is 5.97 Å². The van der Waals surface area contributed by atoms with Gasteiger partial charge in [-0.25, -0.2) is 9.97 Å². The Morgan fingerprint density at radius 2 is 1.74 bits per heavy atom. The highest BCUT2D eigenvalue weighted by Gasteiger charge is 2.17. The average Bonchev–Trinajstić information content (AvgIpc) is 2.87. The number of nitrogens with zero attached hydrogens (tertiary/aromatic N) is 5. The molecular weight excluding hydrogens is 530 g/mol. The van der Waals surface area contributed by atoms with Crippen molar-refractivity contribution in [2.45, 2.75) is 72.0 Å². The van der Waals surface area contributed by atoms with Gasteiger partial charge in [-0.1, -0.05) is 12.1 Å². The van der Waals surface area contributed by atoms with Gasteiger partial charge in [-0.15, -0.1) is 0 Å². The van der Waals surface area contributed by atoms with E-state index in [4.69, 9.17) is 9.47 Å². The summed E-state index contributed by atoms with van der Waals surface area (Å²) in [6.07, 6.45) is 5.69. The third-order valence-corrected chi connectivity index (χ3v) is 5.79. The second-order valence-corrected chi connectivity index (χ2v) is 12.2. The first-order chi connectivity index (χ1) is 19.8. The van der Waals surface area contributed by atoms with Gasteiger partial charge in [0.05, 0.1) is 6.54 Å². The predicted molar refractivity (Wildman–Crippen MR) is 166 cm³/mol. The van der Waals surface area contributed by atoms with Crippen molar-refractivity contribution in [3.63, 3.8) is 0 Å². The Balaban J connectivity index is 1.54. The summed E-state index contributed by atoms with van der Waals surface area (Å²) >= 11 is 0. The van der Waals surface area contributed by atoms with Gasteiger partial charge in [0, 0.05) is 29.7 Å². The van der Waals surface area contributed by atoms with Gasteiger partial charge in [-0.2, -0.15) is 4.98 Å². The molecule has 1 aromatic carbocycles. The van der Waals surface area contributed by atoms with Crippen LogP contribution in [0.25, 0.3) is 11.4 Å². The second-order valence-electron chi connectivity index (χ2n) is 12.2. The SMILES string of the molecule is C=C(NCCc1cccc(Nc2ncnc(-c3ccnc(CCCN(C)CC(=O)OC(C)(C)C)c3)n2)c1)OC(C)(C)C. The number of anilines is 2. The zero-order valence-corrected chi connectivity index (χ0v) is 26.0. The van der Waals surface area contributed by atoms with Crippen molar-refractivity contribution in [3.8, 4) is 11.4 Å². The molecule has 10 heteroatoms. The van der Waals surface area contributed by atoms with Gasteiger partial charge in [0.25, 0.3) is 0 Å². The van der Waals surface area contributed by atoms with E-state index in [9.17, 15) is 4.79 Å². The zero-order chi connectivity index (χ0) is 30.8. The van der Waals surface area contributed by atoms with Crippen LogP contribution >= 0.6 is 0 Å². The number of carbonyl (C=O) groups excluding carboxylic acids is 1. The number of ether oxygens (including phenoxy) is 2. The maximum atomic E-state index is 12.1. The number of likely N-dealkylation sites (N-methyl/N-ethyl adjacent to an activating group) is 1. The van der Waals surface area contributed by atoms with E-state index in [1.807, 2.05) is 77.8 Å². The highest BCUT2D eigenvalue weighted by molar-refractivity contribution is 5.72. The average molecular weight is 576 g/mol. The van der Waals surface area contributed by atoms with Crippen molar-refractivity contribution < 1.29 is 14.3 Å². The van der Waals surface area contributed by atoms with Gasteiger partial charge in [0.2, 0.25) is 5.95 Å². The molecule has 3 rings (SSSR count). The lowest BCUT2D eigenvalue weighted by atomic mass is 10.1. The number of esters is 1. The van der Waals surface area contributed by atoms with E-state index in [1.165, 1.54) is 6.33 Å². The number of aromatic nitrogens is 4. The Morgan fingerprint density at radius 1 is 0.976 bits per heavy atom. The molecule has 0 saturated heterocycles. The van der Waals surface area contributed by atoms with E-state index in [1.54, 1.807) is 6.20 Å². The standard InChI is InChI=1S/C32H45N7O3/c1-23(41-31(2,3)4)33-16-14-24-11-9-12-27(19-24)37-30-36-22-35-29(38-30)25-15-17-34-26(20-25)13-10-18-39(8)21-28(40)42-32(5,6)7/h9,11-12,15,17,19-20,22,33H,1,10,13-14,16,18,21H2,2-8H3,(H,35,36,37,38). The molecule has 0 fully saturated rings. The summed E-state index contributed by atoms with van der Waals surface area (Å²) in [4.78, 5) is 31.9. The molecule has 0 saturated carbocycles. The fourth-order valence-electron chi connectivity index (χ4n) is 4.14. The molecule has 0 unspecified atom stereocenters. The van der Waals surface area contributed by atoms with E-state index in [0.717, 1.165) is 48.3 Å². The minimum Gasteiger partial charge on any atom is -0.474 e. The van der Waals surface area contributed by atoms with Crippen LogP contribution in [0.2, 0.25) is 0 Å². The van der Waals surface area contributed by atoms with Crippen molar-refractivity contribution in [1.82, 2.24) is 30.2 Å². The molecule has 2 aromatic heterocycles. The summed E-state index contributed by atoms with van der Waals surface area (Å²) in [6, 6.07) is 12.0. The zero-order valence-electron chi connectivity index (χ0n) is 26.0. The van der Waals surface area contributed by atoms with Crippen molar-refractivity contribution in [2.24, 2.45) is 0 Å². The first kappa shape index (κ1) is 32.5. The molecule has 10 nitrogen and oxygen atoms in total. The van der Waals surface area contributed by atoms with E-state index in [-0.39, 0.29) is 18.1 Å². The molecule has 0 radical (unpaired) electrons. The molecule has 0 aliphatic heterocycles. The van der Waals surface area contributed by atoms with Crippen LogP contribution in [-0.2, 0) is 27.1 Å². The quantitative estimate of drug-likeness (QED) is 0.194. The maximum absolute atomic E-state index is 12.1. The van der Waals surface area contributed by atoms with Crippen LogP contribution in [0.15, 0.2) is 61.4 Å². The van der Waals surface area contributed by atoms with Crippen molar-refractivity contribution in [2.75, 3.05) is 32.0 Å². The summed E-state index contributed by atoms with van der Waals surface area (Å²) in [5, 5.41) is 6.52. The van der Waals surface area contributed by atoms with Crippen molar-refractivity contribution >= 4 is 17.6 Å². The molecular formula is C32H45N7O3. The third kappa shape index (κ3) is 12.2. The van der Waals surface area contributed by atoms with E-state index in [2.05, 4.69) is 49.3 Å². The van der Waals surface area contributed by atoms with Crippen LogP contribution in [0.5, 0.6) is 0 Å². The largest absolute Gasteiger partial charge is 0.474 e. The first-order valence-corrected chi connectivity index (χ1v) is 14.3. The molecule has 0 amide bonds. The number of carbonyl (C=O) groups is 1. The minimum atomic E-state index is -0.480. The normalized spacial score (nSPS) is 11.7. The predicted octanol–water partition coefficient (Wildman–Crippen LogP) is 5.30. The van der Waals surface area contributed by atoms with E-state index < -0.39 is 5.60 Å². The van der Waals surface area contributed by atoms with Crippen LogP contribution in [0.3, 0.4) is 0 Å².